The molecule has 0 aromatic rings. The van der Waals surface area contributed by atoms with Crippen molar-refractivity contribution in [2.45, 2.75) is 33.3 Å². The van der Waals surface area contributed by atoms with Crippen molar-refractivity contribution in [2.24, 2.45) is 0 Å². The van der Waals surface area contributed by atoms with E-state index in [1.54, 1.807) is 0 Å². The molecule has 0 N–H and O–H groups in total. The lowest BCUT2D eigenvalue weighted by Crippen LogP contribution is -2.15. The topological polar surface area (TPSA) is 18.5 Å². The third kappa shape index (κ3) is 4.43. The van der Waals surface area contributed by atoms with Crippen molar-refractivity contribution in [2.75, 3.05) is 13.1 Å². The second-order valence-electron chi connectivity index (χ2n) is 1.28. The minimum atomic E-state index is -3.10. The van der Waals surface area contributed by atoms with Gasteiger partial charge < -0.3 is 9.47 Å². The Morgan fingerprint density at radius 3 is 2.33 bits per heavy atom. The molecule has 0 aromatic heterocycles. The molecular weight excluding hydrogens is 116 g/mol. The van der Waals surface area contributed by atoms with E-state index in [-0.39, 0.29) is 6.42 Å². The summed E-state index contributed by atoms with van der Waals surface area (Å²) in [6.45, 7) is -10.9. The third-order valence-corrected chi connectivity index (χ3v) is 0.714. The van der Waals surface area contributed by atoms with Crippen LogP contribution in [0.15, 0.2) is 0 Å². The normalized spacial score (nSPS) is 33.1. The quantitative estimate of drug-likeness (QED) is 0.545. The Morgan fingerprint density at radius 2 is 2.00 bits per heavy atom. The van der Waals surface area contributed by atoms with E-state index >= 15 is 0 Å². The van der Waals surface area contributed by atoms with Crippen LogP contribution in [0.25, 0.3) is 0 Å². The maximum Gasteiger partial charge on any atom is 0.157 e. The minimum absolute atomic E-state index is 0.120. The van der Waals surface area contributed by atoms with E-state index in [9.17, 15) is 0 Å². The number of hydrogen-bond donors (Lipinski definition) is 0. The van der Waals surface area contributed by atoms with Gasteiger partial charge in [-0.3, -0.25) is 0 Å². The van der Waals surface area contributed by atoms with Gasteiger partial charge in [-0.1, -0.05) is 6.92 Å². The molecule has 0 radical (unpaired) electrons. The van der Waals surface area contributed by atoms with Gasteiger partial charge >= 0.3 is 0 Å². The van der Waals surface area contributed by atoms with Crippen LogP contribution in [0, 0.1) is 0 Å². The van der Waals surface area contributed by atoms with Crippen molar-refractivity contribution in [1.82, 2.24) is 0 Å². The Bertz CT molecular complexity index is 265. The summed E-state index contributed by atoms with van der Waals surface area (Å²) < 4.78 is 79.5. The highest BCUT2D eigenvalue weighted by Crippen LogP contribution is 1.98. The zero-order valence-corrected chi connectivity index (χ0v) is 5.10. The van der Waals surface area contributed by atoms with Crippen molar-refractivity contribution in [3.8, 4) is 0 Å². The van der Waals surface area contributed by atoms with Gasteiger partial charge in [-0.15, -0.1) is 0 Å². The Balaban J connectivity index is 4.90. The first-order chi connectivity index (χ1) is 8.14. The summed E-state index contributed by atoms with van der Waals surface area (Å²) in [6, 6.07) is 0. The summed E-state index contributed by atoms with van der Waals surface area (Å²) in [5.74, 6) is 0. The number of rotatable bonds is 5. The molecule has 0 aliphatic heterocycles. The van der Waals surface area contributed by atoms with Gasteiger partial charge in [0.15, 0.2) is 6.29 Å². The van der Waals surface area contributed by atoms with E-state index in [0.29, 0.717) is 0 Å². The maximum atomic E-state index is 7.21. The van der Waals surface area contributed by atoms with Gasteiger partial charge in [0, 0.05) is 21.3 Å². The molecule has 0 atom stereocenters. The highest BCUT2D eigenvalue weighted by atomic mass is 16.7. The standard InChI is InChI=1S/C7H16O2/c1-4-7(8-5-2)9-6-3/h7H,4-6H2,1-3H3/i2D3,3D3,5D2,6D2. The molecule has 0 aliphatic carbocycles. The lowest BCUT2D eigenvalue weighted by atomic mass is 10.5. The lowest BCUT2D eigenvalue weighted by Gasteiger charge is -2.13. The van der Waals surface area contributed by atoms with E-state index in [0.717, 1.165) is 0 Å². The SMILES string of the molecule is [2H]C([2H])([2H])C([2H])([2H])OC(CC)OC([2H])([2H])C([2H])([2H])[2H]. The smallest absolute Gasteiger partial charge is 0.157 e. The fourth-order valence-corrected chi connectivity index (χ4v) is 0.322. The summed E-state index contributed by atoms with van der Waals surface area (Å²) in [4.78, 5) is 0. The van der Waals surface area contributed by atoms with Crippen LogP contribution >= 0.6 is 0 Å². The van der Waals surface area contributed by atoms with E-state index < -0.39 is 33.1 Å². The largest absolute Gasteiger partial charge is 0.353 e. The average Bonchev–Trinajstić information content (AvgIpc) is 2.12. The van der Waals surface area contributed by atoms with Gasteiger partial charge in [0.2, 0.25) is 0 Å². The molecule has 0 saturated carbocycles. The van der Waals surface area contributed by atoms with E-state index in [2.05, 4.69) is 9.47 Å². The minimum Gasteiger partial charge on any atom is -0.353 e. The zero-order valence-electron chi connectivity index (χ0n) is 15.1. The van der Waals surface area contributed by atoms with Crippen molar-refractivity contribution in [1.29, 1.82) is 0 Å². The van der Waals surface area contributed by atoms with Crippen LogP contribution in [-0.4, -0.2) is 19.4 Å². The van der Waals surface area contributed by atoms with Crippen LogP contribution in [-0.2, 0) is 9.47 Å². The Hall–Kier alpha value is -0.0800. The molecule has 2 nitrogen and oxygen atoms in total. The summed E-state index contributed by atoms with van der Waals surface area (Å²) in [6.07, 6.45) is -1.75. The van der Waals surface area contributed by atoms with Gasteiger partial charge in [-0.25, -0.2) is 0 Å². The highest BCUT2D eigenvalue weighted by Gasteiger charge is 2.01. The van der Waals surface area contributed by atoms with Gasteiger partial charge in [-0.2, -0.15) is 0 Å². The summed E-state index contributed by atoms with van der Waals surface area (Å²) in [5, 5.41) is 0. The Kier molecular flexibility index (Phi) is 1.17. The molecule has 0 amide bonds. The van der Waals surface area contributed by atoms with Crippen molar-refractivity contribution in [3.05, 3.63) is 0 Å². The molecule has 0 aliphatic rings. The molecule has 0 bridgehead atoms. The fourth-order valence-electron chi connectivity index (χ4n) is 0.322. The van der Waals surface area contributed by atoms with Crippen LogP contribution in [0.1, 0.15) is 40.8 Å². The van der Waals surface area contributed by atoms with Gasteiger partial charge in [0.25, 0.3) is 0 Å². The third-order valence-electron chi connectivity index (χ3n) is 0.714. The predicted molar refractivity (Wildman–Crippen MR) is 37.3 cm³/mol. The van der Waals surface area contributed by atoms with Crippen molar-refractivity contribution >= 4 is 0 Å². The first-order valence-electron chi connectivity index (χ1n) is 7.50. The second-order valence-corrected chi connectivity index (χ2v) is 1.28. The summed E-state index contributed by atoms with van der Waals surface area (Å²) in [5.41, 5.74) is 0. The predicted octanol–water partition coefficient (Wildman–Crippen LogP) is 1.80. The lowest BCUT2D eigenvalue weighted by molar-refractivity contribution is -0.136. The first kappa shape index (κ1) is 1.74. The molecule has 2 heteroatoms. The molecule has 0 aromatic carbocycles. The van der Waals surface area contributed by atoms with E-state index in [1.165, 1.54) is 6.92 Å². The van der Waals surface area contributed by atoms with Crippen LogP contribution in [0.3, 0.4) is 0 Å². The van der Waals surface area contributed by atoms with Crippen LogP contribution in [0.4, 0.5) is 0 Å². The van der Waals surface area contributed by atoms with Gasteiger partial charge in [0.05, 0.1) is 5.48 Å². The molecule has 0 spiro atoms. The fraction of sp³-hybridized carbons (Fsp3) is 1.00. The number of hydrogen-bond acceptors (Lipinski definition) is 2. The summed E-state index contributed by atoms with van der Waals surface area (Å²) >= 11 is 0. The van der Waals surface area contributed by atoms with Gasteiger partial charge in [-0.05, 0) is 20.1 Å². The van der Waals surface area contributed by atoms with Crippen LogP contribution < -0.4 is 0 Å². The molecular formula is C7H16O2. The molecule has 56 valence electrons. The van der Waals surface area contributed by atoms with Crippen LogP contribution in [0.2, 0.25) is 0 Å². The van der Waals surface area contributed by atoms with Crippen molar-refractivity contribution < 1.29 is 23.2 Å². The molecule has 0 fully saturated rings. The van der Waals surface area contributed by atoms with E-state index in [4.69, 9.17) is 13.7 Å². The number of ether oxygens (including phenoxy) is 2. The van der Waals surface area contributed by atoms with Gasteiger partial charge in [0.1, 0.15) is 0 Å². The highest BCUT2D eigenvalue weighted by molar-refractivity contribution is 4.36. The first-order valence-corrected chi connectivity index (χ1v) is 2.50. The summed E-state index contributed by atoms with van der Waals surface area (Å²) in [7, 11) is 0. The molecule has 0 saturated heterocycles. The monoisotopic (exact) mass is 142 g/mol. The molecule has 0 heterocycles. The van der Waals surface area contributed by atoms with Crippen molar-refractivity contribution in [3.63, 3.8) is 0 Å². The second kappa shape index (κ2) is 6.05. The Labute approximate surface area is 71.2 Å². The molecule has 9 heavy (non-hydrogen) atoms. The maximum absolute atomic E-state index is 7.21. The molecule has 0 rings (SSSR count). The Morgan fingerprint density at radius 1 is 1.44 bits per heavy atom. The average molecular weight is 142 g/mol. The van der Waals surface area contributed by atoms with E-state index in [1.807, 2.05) is 0 Å². The molecule has 0 unspecified atom stereocenters. The zero-order chi connectivity index (χ0) is 15.7. The van der Waals surface area contributed by atoms with Crippen LogP contribution in [0.5, 0.6) is 0 Å².